The van der Waals surface area contributed by atoms with Crippen LogP contribution in [0.15, 0.2) is 36.4 Å². The minimum atomic E-state index is -0.826. The maximum atomic E-state index is 14.5. The van der Waals surface area contributed by atoms with E-state index in [4.69, 9.17) is 4.74 Å². The smallest absolute Gasteiger partial charge is 0.254 e. The lowest BCUT2D eigenvalue weighted by Gasteiger charge is -2.36. The van der Waals surface area contributed by atoms with Gasteiger partial charge in [-0.15, -0.1) is 0 Å². The van der Waals surface area contributed by atoms with Crippen LogP contribution in [-0.4, -0.2) is 36.4 Å². The predicted molar refractivity (Wildman–Crippen MR) is 81.2 cm³/mol. The Hall–Kier alpha value is -1.98. The third kappa shape index (κ3) is 2.69. The van der Waals surface area contributed by atoms with Crippen LogP contribution in [0.3, 0.4) is 0 Å². The molecular weight excluding hydrogens is 285 g/mol. The van der Waals surface area contributed by atoms with Gasteiger partial charge in [0, 0.05) is 12.0 Å². The van der Waals surface area contributed by atoms with Crippen LogP contribution in [0.4, 0.5) is 4.39 Å². The highest BCUT2D eigenvalue weighted by Gasteiger charge is 2.34. The van der Waals surface area contributed by atoms with Crippen molar-refractivity contribution in [3.8, 4) is 0 Å². The molecule has 1 heterocycles. The van der Waals surface area contributed by atoms with Gasteiger partial charge >= 0.3 is 0 Å². The van der Waals surface area contributed by atoms with Crippen LogP contribution < -0.4 is 5.32 Å². The number of fused-ring (bicyclic) bond motifs is 1. The van der Waals surface area contributed by atoms with Gasteiger partial charge in [0.05, 0.1) is 24.3 Å². The summed E-state index contributed by atoms with van der Waals surface area (Å²) in [5.74, 6) is -1.07. The lowest BCUT2D eigenvalue weighted by atomic mass is 9.92. The first-order valence-corrected chi connectivity index (χ1v) is 7.34. The summed E-state index contributed by atoms with van der Waals surface area (Å²) in [4.78, 5) is 12.4. The van der Waals surface area contributed by atoms with Gasteiger partial charge in [-0.05, 0) is 24.3 Å². The fourth-order valence-corrected chi connectivity index (χ4v) is 2.83. The summed E-state index contributed by atoms with van der Waals surface area (Å²) in [6.07, 6.45) is 1.37. The molecule has 1 amide bonds. The Bertz CT molecular complexity index is 695. The quantitative estimate of drug-likeness (QED) is 0.914. The maximum Gasteiger partial charge on any atom is 0.254 e. The molecule has 5 heteroatoms. The van der Waals surface area contributed by atoms with E-state index in [1.807, 2.05) is 6.07 Å². The zero-order valence-corrected chi connectivity index (χ0v) is 12.1. The first-order chi connectivity index (χ1) is 10.7. The number of aliphatic hydroxyl groups is 1. The molecule has 3 rings (SSSR count). The Morgan fingerprint density at radius 3 is 2.86 bits per heavy atom. The van der Waals surface area contributed by atoms with Crippen LogP contribution in [0, 0.1) is 5.82 Å². The number of ether oxygens (including phenoxy) is 1. The average molecular weight is 303 g/mol. The lowest BCUT2D eigenvalue weighted by molar-refractivity contribution is -0.00545. The van der Waals surface area contributed by atoms with Gasteiger partial charge in [-0.25, -0.2) is 4.39 Å². The second-order valence-electron chi connectivity index (χ2n) is 5.70. The number of hydrogen-bond acceptors (Lipinski definition) is 3. The molecule has 1 unspecified atom stereocenters. The van der Waals surface area contributed by atoms with Gasteiger partial charge in [0.15, 0.2) is 0 Å². The second-order valence-corrected chi connectivity index (χ2v) is 5.70. The molecule has 0 aromatic heterocycles. The molecule has 0 bridgehead atoms. The normalized spacial score (nSPS) is 21.7. The fourth-order valence-electron chi connectivity index (χ4n) is 2.83. The molecule has 1 aliphatic heterocycles. The molecule has 2 aromatic rings. The van der Waals surface area contributed by atoms with E-state index in [-0.39, 0.29) is 18.8 Å². The average Bonchev–Trinajstić information content (AvgIpc) is 2.56. The summed E-state index contributed by atoms with van der Waals surface area (Å²) in [5, 5.41) is 13.5. The van der Waals surface area contributed by atoms with Crippen molar-refractivity contribution in [2.24, 2.45) is 0 Å². The summed E-state index contributed by atoms with van der Waals surface area (Å²) >= 11 is 0. The Labute approximate surface area is 127 Å². The molecule has 0 radical (unpaired) electrons. The van der Waals surface area contributed by atoms with E-state index in [1.54, 1.807) is 24.3 Å². The van der Waals surface area contributed by atoms with Gasteiger partial charge in [-0.3, -0.25) is 4.79 Å². The monoisotopic (exact) mass is 303 g/mol. The van der Waals surface area contributed by atoms with Gasteiger partial charge in [0.25, 0.3) is 5.91 Å². The van der Waals surface area contributed by atoms with Crippen LogP contribution in [0.2, 0.25) is 0 Å². The Balaban J connectivity index is 1.90. The van der Waals surface area contributed by atoms with Crippen molar-refractivity contribution in [2.75, 3.05) is 19.8 Å². The summed E-state index contributed by atoms with van der Waals surface area (Å²) < 4.78 is 19.9. The van der Waals surface area contributed by atoms with E-state index < -0.39 is 17.3 Å². The van der Waals surface area contributed by atoms with Crippen LogP contribution in [0.1, 0.15) is 23.2 Å². The number of halogens is 1. The number of rotatable bonds is 3. The number of hydrogen-bond donors (Lipinski definition) is 2. The number of nitrogens with one attached hydrogen (secondary N) is 1. The second kappa shape index (κ2) is 6.02. The van der Waals surface area contributed by atoms with Gasteiger partial charge < -0.3 is 15.2 Å². The van der Waals surface area contributed by atoms with Crippen molar-refractivity contribution in [3.63, 3.8) is 0 Å². The molecule has 2 aromatic carbocycles. The van der Waals surface area contributed by atoms with Crippen LogP contribution in [-0.2, 0) is 4.74 Å². The number of benzene rings is 2. The minimum absolute atomic E-state index is 0.0166. The Morgan fingerprint density at radius 2 is 2.14 bits per heavy atom. The van der Waals surface area contributed by atoms with E-state index in [0.717, 1.165) is 11.8 Å². The first-order valence-electron chi connectivity index (χ1n) is 7.34. The van der Waals surface area contributed by atoms with Gasteiger partial charge in [-0.2, -0.15) is 0 Å². The highest BCUT2D eigenvalue weighted by Crippen LogP contribution is 2.23. The van der Waals surface area contributed by atoms with Crippen molar-refractivity contribution < 1.29 is 19.0 Å². The SMILES string of the molecule is O=C(NC1(CO)CCCOC1)c1ccc2ccccc2c1F. The standard InChI is InChI=1S/C17H18FNO3/c18-15-13-5-2-1-4-12(13)6-7-14(15)16(21)19-17(10-20)8-3-9-22-11-17/h1-2,4-7,20H,3,8-11H2,(H,19,21). The van der Waals surface area contributed by atoms with Crippen molar-refractivity contribution >= 4 is 16.7 Å². The zero-order valence-electron chi connectivity index (χ0n) is 12.1. The van der Waals surface area contributed by atoms with Crippen LogP contribution >= 0.6 is 0 Å². The van der Waals surface area contributed by atoms with Crippen molar-refractivity contribution in [2.45, 2.75) is 18.4 Å². The van der Waals surface area contributed by atoms with E-state index in [0.29, 0.717) is 18.4 Å². The van der Waals surface area contributed by atoms with Crippen LogP contribution in [0.25, 0.3) is 10.8 Å². The van der Waals surface area contributed by atoms with Gasteiger partial charge in [-0.1, -0.05) is 30.3 Å². The van der Waals surface area contributed by atoms with Gasteiger partial charge in [0.1, 0.15) is 5.82 Å². The highest BCUT2D eigenvalue weighted by molar-refractivity contribution is 5.99. The third-order valence-corrected chi connectivity index (χ3v) is 4.11. The van der Waals surface area contributed by atoms with Crippen LogP contribution in [0.5, 0.6) is 0 Å². The topological polar surface area (TPSA) is 58.6 Å². The minimum Gasteiger partial charge on any atom is -0.394 e. The van der Waals surface area contributed by atoms with Gasteiger partial charge in [0.2, 0.25) is 0 Å². The molecule has 1 aliphatic rings. The third-order valence-electron chi connectivity index (χ3n) is 4.11. The number of aliphatic hydroxyl groups excluding tert-OH is 1. The fraction of sp³-hybridized carbons (Fsp3) is 0.353. The van der Waals surface area contributed by atoms with E-state index in [1.165, 1.54) is 6.07 Å². The lowest BCUT2D eigenvalue weighted by Crippen LogP contribution is -2.56. The first kappa shape index (κ1) is 14.9. The molecule has 0 spiro atoms. The molecule has 116 valence electrons. The van der Waals surface area contributed by atoms with Crippen molar-refractivity contribution in [1.82, 2.24) is 5.32 Å². The molecule has 4 nitrogen and oxygen atoms in total. The number of carbonyl (C=O) groups excluding carboxylic acids is 1. The number of carbonyl (C=O) groups is 1. The summed E-state index contributed by atoms with van der Waals surface area (Å²) in [7, 11) is 0. The predicted octanol–water partition coefficient (Wildman–Crippen LogP) is 2.25. The molecular formula is C17H18FNO3. The summed E-state index contributed by atoms with van der Waals surface area (Å²) in [6, 6.07) is 10.2. The number of amides is 1. The summed E-state index contributed by atoms with van der Waals surface area (Å²) in [5.41, 5.74) is -0.843. The van der Waals surface area contributed by atoms with Crippen molar-refractivity contribution in [3.05, 3.63) is 47.8 Å². The Kier molecular flexibility index (Phi) is 4.09. The van der Waals surface area contributed by atoms with E-state index in [9.17, 15) is 14.3 Å². The molecule has 2 N–H and O–H groups in total. The molecule has 1 fully saturated rings. The summed E-state index contributed by atoms with van der Waals surface area (Å²) in [6.45, 7) is 0.625. The molecule has 0 saturated carbocycles. The molecule has 1 saturated heterocycles. The molecule has 0 aliphatic carbocycles. The molecule has 1 atom stereocenters. The highest BCUT2D eigenvalue weighted by atomic mass is 19.1. The van der Waals surface area contributed by atoms with E-state index in [2.05, 4.69) is 5.32 Å². The van der Waals surface area contributed by atoms with Crippen molar-refractivity contribution in [1.29, 1.82) is 0 Å². The Morgan fingerprint density at radius 1 is 1.32 bits per heavy atom. The molecule has 22 heavy (non-hydrogen) atoms. The maximum absolute atomic E-state index is 14.5. The van der Waals surface area contributed by atoms with E-state index >= 15 is 0 Å². The largest absolute Gasteiger partial charge is 0.394 e. The zero-order chi connectivity index (χ0) is 15.6.